The summed E-state index contributed by atoms with van der Waals surface area (Å²) in [5.74, 6) is -1.23. The molecule has 3 rings (SSSR count). The summed E-state index contributed by atoms with van der Waals surface area (Å²) in [4.78, 5) is 40.8. The standard InChI is InChI=1S/C19H15NO4/c1-2-24-19(23)16-15(17(21)12-8-4-3-5-9-12)18(22)13-10-6-7-11-14(13)20-16/h3-11H,2H2,1H3,(H,20,22). The van der Waals surface area contributed by atoms with Crippen LogP contribution in [0.1, 0.15) is 33.3 Å². The van der Waals surface area contributed by atoms with E-state index in [1.165, 1.54) is 0 Å². The molecule has 5 heteroatoms. The van der Waals surface area contributed by atoms with Crippen molar-refractivity contribution in [2.75, 3.05) is 6.61 Å². The average Bonchev–Trinajstić information content (AvgIpc) is 2.62. The fourth-order valence-corrected chi connectivity index (χ4v) is 2.54. The quantitative estimate of drug-likeness (QED) is 0.592. The van der Waals surface area contributed by atoms with Gasteiger partial charge in [-0.05, 0) is 19.1 Å². The number of aromatic amines is 1. The highest BCUT2D eigenvalue weighted by atomic mass is 16.5. The lowest BCUT2D eigenvalue weighted by atomic mass is 9.99. The van der Waals surface area contributed by atoms with Crippen molar-refractivity contribution in [3.8, 4) is 0 Å². The molecular formula is C19H15NO4. The van der Waals surface area contributed by atoms with E-state index in [2.05, 4.69) is 4.98 Å². The summed E-state index contributed by atoms with van der Waals surface area (Å²) in [5.41, 5.74) is 0.0213. The van der Waals surface area contributed by atoms with Gasteiger partial charge in [-0.1, -0.05) is 42.5 Å². The molecule has 1 heterocycles. The van der Waals surface area contributed by atoms with Crippen LogP contribution >= 0.6 is 0 Å². The fraction of sp³-hybridized carbons (Fsp3) is 0.105. The summed E-state index contributed by atoms with van der Waals surface area (Å²) in [6.45, 7) is 1.81. The number of benzene rings is 2. The van der Waals surface area contributed by atoms with E-state index in [4.69, 9.17) is 4.74 Å². The molecule has 0 bridgehead atoms. The number of pyridine rings is 1. The number of H-pyrrole nitrogens is 1. The van der Waals surface area contributed by atoms with Crippen molar-refractivity contribution >= 4 is 22.7 Å². The summed E-state index contributed by atoms with van der Waals surface area (Å²) in [5, 5.41) is 0.352. The highest BCUT2D eigenvalue weighted by Gasteiger charge is 2.25. The second kappa shape index (κ2) is 6.50. The van der Waals surface area contributed by atoms with Crippen LogP contribution in [-0.4, -0.2) is 23.3 Å². The largest absolute Gasteiger partial charge is 0.461 e. The van der Waals surface area contributed by atoms with Gasteiger partial charge in [-0.25, -0.2) is 4.79 Å². The molecular weight excluding hydrogens is 306 g/mol. The molecule has 0 spiro atoms. The summed E-state index contributed by atoms with van der Waals surface area (Å²) in [6, 6.07) is 15.1. The number of hydrogen-bond donors (Lipinski definition) is 1. The van der Waals surface area contributed by atoms with Crippen LogP contribution in [0.15, 0.2) is 59.4 Å². The normalized spacial score (nSPS) is 10.5. The molecule has 3 aromatic rings. The van der Waals surface area contributed by atoms with E-state index in [0.717, 1.165) is 0 Å². The Kier molecular flexibility index (Phi) is 4.24. The number of esters is 1. The number of hydrogen-bond acceptors (Lipinski definition) is 4. The van der Waals surface area contributed by atoms with Gasteiger partial charge < -0.3 is 9.72 Å². The third-order valence-electron chi connectivity index (χ3n) is 3.65. The summed E-state index contributed by atoms with van der Waals surface area (Å²) >= 11 is 0. The minimum atomic E-state index is -0.723. The zero-order valence-corrected chi connectivity index (χ0v) is 13.0. The minimum Gasteiger partial charge on any atom is -0.461 e. The molecule has 0 unspecified atom stereocenters. The second-order valence-electron chi connectivity index (χ2n) is 5.17. The molecule has 24 heavy (non-hydrogen) atoms. The zero-order chi connectivity index (χ0) is 17.1. The lowest BCUT2D eigenvalue weighted by Crippen LogP contribution is -2.24. The van der Waals surface area contributed by atoms with Gasteiger partial charge in [-0.15, -0.1) is 0 Å². The van der Waals surface area contributed by atoms with Crippen LogP contribution in [0.3, 0.4) is 0 Å². The van der Waals surface area contributed by atoms with E-state index in [0.29, 0.717) is 16.5 Å². The Labute approximate surface area is 137 Å². The molecule has 0 saturated heterocycles. The van der Waals surface area contributed by atoms with E-state index in [9.17, 15) is 14.4 Å². The molecule has 5 nitrogen and oxygen atoms in total. The monoisotopic (exact) mass is 321 g/mol. The first kappa shape index (κ1) is 15.7. The van der Waals surface area contributed by atoms with Crippen molar-refractivity contribution in [1.29, 1.82) is 0 Å². The van der Waals surface area contributed by atoms with Crippen LogP contribution < -0.4 is 5.43 Å². The molecule has 0 amide bonds. The molecule has 2 aromatic carbocycles. The van der Waals surface area contributed by atoms with Gasteiger partial charge in [-0.3, -0.25) is 9.59 Å². The summed E-state index contributed by atoms with van der Waals surface area (Å²) < 4.78 is 5.00. The maximum absolute atomic E-state index is 12.8. The Morgan fingerprint density at radius 2 is 1.67 bits per heavy atom. The zero-order valence-electron chi connectivity index (χ0n) is 13.0. The van der Waals surface area contributed by atoms with E-state index in [1.54, 1.807) is 61.5 Å². The summed E-state index contributed by atoms with van der Waals surface area (Å²) in [6.07, 6.45) is 0. The molecule has 0 saturated carbocycles. The van der Waals surface area contributed by atoms with Gasteiger partial charge in [0.05, 0.1) is 6.61 Å². The van der Waals surface area contributed by atoms with Gasteiger partial charge in [0.2, 0.25) is 5.43 Å². The SMILES string of the molecule is CCOC(=O)c1[nH]c2ccccc2c(=O)c1C(=O)c1ccccc1. The van der Waals surface area contributed by atoms with Crippen LogP contribution in [0.5, 0.6) is 0 Å². The van der Waals surface area contributed by atoms with Crippen LogP contribution in [0.25, 0.3) is 10.9 Å². The first-order valence-corrected chi connectivity index (χ1v) is 7.55. The Bertz CT molecular complexity index is 974. The number of rotatable bonds is 4. The Balaban J connectivity index is 2.29. The van der Waals surface area contributed by atoms with Crippen LogP contribution in [0, 0.1) is 0 Å². The first-order chi connectivity index (χ1) is 11.6. The van der Waals surface area contributed by atoms with Crippen LogP contribution in [0.4, 0.5) is 0 Å². The van der Waals surface area contributed by atoms with E-state index in [1.807, 2.05) is 0 Å². The third-order valence-corrected chi connectivity index (χ3v) is 3.65. The maximum atomic E-state index is 12.8. The van der Waals surface area contributed by atoms with Crippen LogP contribution in [-0.2, 0) is 4.74 Å². The van der Waals surface area contributed by atoms with Crippen molar-refractivity contribution in [3.63, 3.8) is 0 Å². The Morgan fingerprint density at radius 3 is 2.38 bits per heavy atom. The maximum Gasteiger partial charge on any atom is 0.355 e. The van der Waals surface area contributed by atoms with Crippen LogP contribution in [0.2, 0.25) is 0 Å². The van der Waals surface area contributed by atoms with Crippen molar-refractivity contribution < 1.29 is 14.3 Å². The summed E-state index contributed by atoms with van der Waals surface area (Å²) in [7, 11) is 0. The smallest absolute Gasteiger partial charge is 0.355 e. The predicted molar refractivity (Wildman–Crippen MR) is 90.4 cm³/mol. The number of ether oxygens (including phenoxy) is 1. The van der Waals surface area contributed by atoms with Crippen molar-refractivity contribution in [2.24, 2.45) is 0 Å². The van der Waals surface area contributed by atoms with Gasteiger partial charge in [0.25, 0.3) is 0 Å². The highest BCUT2D eigenvalue weighted by molar-refractivity contribution is 6.15. The van der Waals surface area contributed by atoms with Gasteiger partial charge in [-0.2, -0.15) is 0 Å². The van der Waals surface area contributed by atoms with Gasteiger partial charge >= 0.3 is 5.97 Å². The minimum absolute atomic E-state index is 0.116. The Hall–Kier alpha value is -3.21. The molecule has 120 valence electrons. The van der Waals surface area contributed by atoms with E-state index >= 15 is 0 Å². The number of para-hydroxylation sites is 1. The number of carbonyl (C=O) groups is 2. The van der Waals surface area contributed by atoms with Crippen molar-refractivity contribution in [2.45, 2.75) is 6.92 Å². The van der Waals surface area contributed by atoms with Crippen molar-refractivity contribution in [1.82, 2.24) is 4.98 Å². The van der Waals surface area contributed by atoms with Crippen molar-refractivity contribution in [3.05, 3.63) is 81.6 Å². The Morgan fingerprint density at radius 1 is 1.00 bits per heavy atom. The average molecular weight is 321 g/mol. The van der Waals surface area contributed by atoms with E-state index < -0.39 is 17.2 Å². The lowest BCUT2D eigenvalue weighted by molar-refractivity contribution is 0.0516. The van der Waals surface area contributed by atoms with Gasteiger partial charge in [0, 0.05) is 16.5 Å². The molecule has 0 aliphatic carbocycles. The van der Waals surface area contributed by atoms with Gasteiger partial charge in [0.1, 0.15) is 11.3 Å². The first-order valence-electron chi connectivity index (χ1n) is 7.55. The molecule has 1 aromatic heterocycles. The molecule has 0 atom stereocenters. The number of nitrogens with one attached hydrogen (secondary N) is 1. The topological polar surface area (TPSA) is 76.2 Å². The van der Waals surface area contributed by atoms with E-state index in [-0.39, 0.29) is 17.9 Å². The molecule has 1 N–H and O–H groups in total. The third kappa shape index (κ3) is 2.72. The van der Waals surface area contributed by atoms with Gasteiger partial charge in [0.15, 0.2) is 5.78 Å². The number of fused-ring (bicyclic) bond motifs is 1. The number of aromatic nitrogens is 1. The second-order valence-corrected chi connectivity index (χ2v) is 5.17. The molecule has 0 radical (unpaired) electrons. The number of ketones is 1. The number of carbonyl (C=O) groups excluding carboxylic acids is 2. The fourth-order valence-electron chi connectivity index (χ4n) is 2.54. The lowest BCUT2D eigenvalue weighted by Gasteiger charge is -2.10. The predicted octanol–water partition coefficient (Wildman–Crippen LogP) is 2.94. The highest BCUT2D eigenvalue weighted by Crippen LogP contribution is 2.16. The molecule has 0 fully saturated rings. The molecule has 0 aliphatic heterocycles. The molecule has 0 aliphatic rings.